The Kier molecular flexibility index (Phi) is 6.21. The maximum Gasteiger partial charge on any atom is 0.333 e. The van der Waals surface area contributed by atoms with Crippen LogP contribution in [0.3, 0.4) is 0 Å². The average molecular weight is 392 g/mol. The van der Waals surface area contributed by atoms with Crippen LogP contribution in [0.1, 0.15) is 40.0 Å². The molecule has 0 aromatic heterocycles. The molecule has 11 heteroatoms. The number of carboxylic acid groups (broad SMARTS) is 2. The number of nitrogens with zero attached hydrogens (tertiary/aromatic N) is 1. The van der Waals surface area contributed by atoms with Gasteiger partial charge in [-0.2, -0.15) is 0 Å². The van der Waals surface area contributed by atoms with Crippen LogP contribution in [-0.2, 0) is 19.2 Å². The highest BCUT2D eigenvalue weighted by Crippen LogP contribution is 2.26. The summed E-state index contributed by atoms with van der Waals surface area (Å²) in [5.74, 6) is -4.77. The molecular formula is C17H16N2O9. The van der Waals surface area contributed by atoms with Crippen LogP contribution in [-0.4, -0.2) is 67.9 Å². The smallest absolute Gasteiger partial charge is 0.333 e. The molecule has 0 radical (unpaired) electrons. The number of nitrogens with one attached hydrogen (secondary N) is 1. The number of fused-ring (bicyclic) bond motifs is 1. The van der Waals surface area contributed by atoms with Gasteiger partial charge in [-0.3, -0.25) is 34.2 Å². The van der Waals surface area contributed by atoms with E-state index in [9.17, 15) is 28.8 Å². The molecule has 1 aromatic carbocycles. The number of amides is 4. The van der Waals surface area contributed by atoms with Gasteiger partial charge >= 0.3 is 11.9 Å². The van der Waals surface area contributed by atoms with Gasteiger partial charge in [0.2, 0.25) is 11.8 Å². The van der Waals surface area contributed by atoms with Crippen molar-refractivity contribution in [3.05, 3.63) is 35.4 Å². The highest BCUT2D eigenvalue weighted by atomic mass is 16.4. The van der Waals surface area contributed by atoms with E-state index in [4.69, 9.17) is 15.3 Å². The largest absolute Gasteiger partial charge is 0.481 e. The van der Waals surface area contributed by atoms with Crippen molar-refractivity contribution in [2.45, 2.75) is 31.4 Å². The van der Waals surface area contributed by atoms with Crippen molar-refractivity contribution in [2.24, 2.45) is 0 Å². The first-order valence-electron chi connectivity index (χ1n) is 8.06. The normalized spacial score (nSPS) is 19.3. The van der Waals surface area contributed by atoms with Gasteiger partial charge in [-0.05, 0) is 18.6 Å². The van der Waals surface area contributed by atoms with Crippen molar-refractivity contribution in [2.75, 3.05) is 0 Å². The molecule has 0 aliphatic carbocycles. The zero-order valence-electron chi connectivity index (χ0n) is 14.3. The van der Waals surface area contributed by atoms with Gasteiger partial charge in [0.05, 0.1) is 17.5 Å². The molecular weight excluding hydrogens is 376 g/mol. The Morgan fingerprint density at radius 3 is 2.00 bits per heavy atom. The maximum absolute atomic E-state index is 12.2. The summed E-state index contributed by atoms with van der Waals surface area (Å²) in [5, 5.41) is 26.3. The summed E-state index contributed by atoms with van der Waals surface area (Å²) in [6, 6.07) is 5.55. The molecule has 1 saturated heterocycles. The molecule has 4 N–H and O–H groups in total. The molecule has 1 aromatic rings. The lowest BCUT2D eigenvalue weighted by atomic mass is 10.0. The Morgan fingerprint density at radius 1 is 1.07 bits per heavy atom. The van der Waals surface area contributed by atoms with E-state index in [1.807, 2.05) is 0 Å². The van der Waals surface area contributed by atoms with Gasteiger partial charge in [-0.25, -0.2) is 4.79 Å². The Hall–Kier alpha value is -3.60. The molecule has 148 valence electrons. The lowest BCUT2D eigenvalue weighted by molar-refractivity contribution is -0.152. The number of piperidine rings is 1. The average Bonchev–Trinajstić information content (AvgIpc) is 2.87. The van der Waals surface area contributed by atoms with Crippen molar-refractivity contribution >= 4 is 35.6 Å². The first-order valence-corrected chi connectivity index (χ1v) is 8.06. The molecule has 3 rings (SSSR count). The fourth-order valence-electron chi connectivity index (χ4n) is 2.67. The number of carboxylic acids is 2. The maximum atomic E-state index is 12.2. The van der Waals surface area contributed by atoms with Crippen molar-refractivity contribution in [1.29, 1.82) is 0 Å². The van der Waals surface area contributed by atoms with Gasteiger partial charge in [0.15, 0.2) is 6.10 Å². The number of carbonyl (C=O) groups is 6. The Labute approximate surface area is 157 Å². The Balaban J connectivity index is 0.000000266. The number of aliphatic hydroxyl groups excluding tert-OH is 1. The van der Waals surface area contributed by atoms with Crippen molar-refractivity contribution in [3.63, 3.8) is 0 Å². The number of benzene rings is 1. The van der Waals surface area contributed by atoms with Crippen LogP contribution in [0.4, 0.5) is 0 Å². The van der Waals surface area contributed by atoms with Gasteiger partial charge < -0.3 is 15.3 Å². The van der Waals surface area contributed by atoms with E-state index in [-0.39, 0.29) is 18.7 Å². The van der Waals surface area contributed by atoms with E-state index in [0.29, 0.717) is 11.1 Å². The van der Waals surface area contributed by atoms with Gasteiger partial charge in [0, 0.05) is 6.42 Å². The summed E-state index contributed by atoms with van der Waals surface area (Å²) in [4.78, 5) is 67.6. The minimum Gasteiger partial charge on any atom is -0.481 e. The van der Waals surface area contributed by atoms with Crippen LogP contribution < -0.4 is 5.32 Å². The van der Waals surface area contributed by atoms with E-state index in [2.05, 4.69) is 5.32 Å². The second-order valence-corrected chi connectivity index (χ2v) is 5.94. The monoisotopic (exact) mass is 392 g/mol. The summed E-state index contributed by atoms with van der Waals surface area (Å²) in [7, 11) is 0. The quantitative estimate of drug-likeness (QED) is 0.467. The third-order valence-electron chi connectivity index (χ3n) is 4.00. The molecule has 1 unspecified atom stereocenters. The minimum absolute atomic E-state index is 0.129. The van der Waals surface area contributed by atoms with Crippen molar-refractivity contribution in [3.8, 4) is 0 Å². The molecule has 0 saturated carbocycles. The molecule has 2 aliphatic heterocycles. The van der Waals surface area contributed by atoms with E-state index in [0.717, 1.165) is 4.90 Å². The Morgan fingerprint density at radius 2 is 1.61 bits per heavy atom. The number of aliphatic hydroxyl groups is 1. The van der Waals surface area contributed by atoms with E-state index >= 15 is 0 Å². The standard InChI is InChI=1S/C13H10N2O4.C4H6O5/c16-10-6-5-9(11(17)14-10)15-12(18)7-3-1-2-4-8(7)13(15)19;5-2(4(8)9)1-3(6)7/h1-4,9H,5-6H2,(H,14,16,17);2,5H,1H2,(H,6,7)(H,8,9)/t;2-/m.0/s1. The number of carbonyl (C=O) groups excluding carboxylic acids is 4. The number of rotatable bonds is 4. The Bertz CT molecular complexity index is 829. The molecule has 28 heavy (non-hydrogen) atoms. The van der Waals surface area contributed by atoms with Gasteiger partial charge in [-0.15, -0.1) is 0 Å². The SMILES string of the molecule is O=C(O)C[C@H](O)C(=O)O.O=C1CCC(N2C(=O)c3ccccc3C2=O)C(=O)N1. The highest BCUT2D eigenvalue weighted by Gasteiger charge is 2.44. The zero-order chi connectivity index (χ0) is 21.0. The van der Waals surface area contributed by atoms with Crippen LogP contribution >= 0.6 is 0 Å². The van der Waals surface area contributed by atoms with E-state index < -0.39 is 48.2 Å². The molecule has 11 nitrogen and oxygen atoms in total. The summed E-state index contributed by atoms with van der Waals surface area (Å²) in [5.41, 5.74) is 0.606. The van der Waals surface area contributed by atoms with Crippen molar-refractivity contribution < 1.29 is 44.1 Å². The van der Waals surface area contributed by atoms with Crippen LogP contribution in [0.25, 0.3) is 0 Å². The van der Waals surface area contributed by atoms with Gasteiger partial charge in [0.1, 0.15) is 6.04 Å². The second kappa shape index (κ2) is 8.39. The molecule has 2 atom stereocenters. The highest BCUT2D eigenvalue weighted by molar-refractivity contribution is 6.23. The van der Waals surface area contributed by atoms with Gasteiger partial charge in [0.25, 0.3) is 11.8 Å². The molecule has 0 bridgehead atoms. The molecule has 4 amide bonds. The number of imide groups is 2. The molecule has 2 aliphatic rings. The third-order valence-corrected chi connectivity index (χ3v) is 4.00. The van der Waals surface area contributed by atoms with Crippen LogP contribution in [0.15, 0.2) is 24.3 Å². The second-order valence-electron chi connectivity index (χ2n) is 5.94. The fraction of sp³-hybridized carbons (Fsp3) is 0.294. The van der Waals surface area contributed by atoms with Crippen LogP contribution in [0, 0.1) is 0 Å². The summed E-state index contributed by atoms with van der Waals surface area (Å²) < 4.78 is 0. The topological polar surface area (TPSA) is 178 Å². The lowest BCUT2D eigenvalue weighted by Crippen LogP contribution is -2.54. The third kappa shape index (κ3) is 4.38. The zero-order valence-corrected chi connectivity index (χ0v) is 14.3. The van der Waals surface area contributed by atoms with E-state index in [1.165, 1.54) is 0 Å². The summed E-state index contributed by atoms with van der Waals surface area (Å²) in [6.45, 7) is 0. The first kappa shape index (κ1) is 20.7. The summed E-state index contributed by atoms with van der Waals surface area (Å²) >= 11 is 0. The molecule has 0 spiro atoms. The fourth-order valence-corrected chi connectivity index (χ4v) is 2.67. The minimum atomic E-state index is -1.79. The van der Waals surface area contributed by atoms with Crippen LogP contribution in [0.2, 0.25) is 0 Å². The lowest BCUT2D eigenvalue weighted by Gasteiger charge is -2.27. The first-order chi connectivity index (χ1) is 13.1. The predicted octanol–water partition coefficient (Wildman–Crippen LogP) is -1.01. The molecule has 2 heterocycles. The predicted molar refractivity (Wildman–Crippen MR) is 89.0 cm³/mol. The van der Waals surface area contributed by atoms with Crippen molar-refractivity contribution in [1.82, 2.24) is 10.2 Å². The van der Waals surface area contributed by atoms with Crippen LogP contribution in [0.5, 0.6) is 0 Å². The molecule has 1 fully saturated rings. The van der Waals surface area contributed by atoms with E-state index in [1.54, 1.807) is 24.3 Å². The summed E-state index contributed by atoms with van der Waals surface area (Å²) in [6.07, 6.45) is -2.24. The number of hydrogen-bond acceptors (Lipinski definition) is 7. The number of aliphatic carboxylic acids is 2. The van der Waals surface area contributed by atoms with Gasteiger partial charge in [-0.1, -0.05) is 12.1 Å². The number of hydrogen-bond donors (Lipinski definition) is 4.